The van der Waals surface area contributed by atoms with Gasteiger partial charge in [0.1, 0.15) is 11.5 Å². The van der Waals surface area contributed by atoms with E-state index < -0.39 is 7.12 Å². The Morgan fingerprint density at radius 3 is 2.04 bits per heavy atom. The van der Waals surface area contributed by atoms with Crippen molar-refractivity contribution in [3.8, 4) is 11.5 Å². The van der Waals surface area contributed by atoms with Gasteiger partial charge in [-0.3, -0.25) is 0 Å². The van der Waals surface area contributed by atoms with E-state index in [9.17, 15) is 0 Å². The molecule has 0 radical (unpaired) electrons. The third-order valence-corrected chi connectivity index (χ3v) is 3.80. The lowest BCUT2D eigenvalue weighted by Gasteiger charge is -2.16. The van der Waals surface area contributed by atoms with Gasteiger partial charge < -0.3 is 18.8 Å². The molecule has 0 amide bonds. The molecule has 25 heavy (non-hydrogen) atoms. The van der Waals surface area contributed by atoms with Crippen molar-refractivity contribution in [1.82, 2.24) is 0 Å². The summed E-state index contributed by atoms with van der Waals surface area (Å²) in [5, 5.41) is 0. The number of ether oxygens (including phenoxy) is 2. The molecule has 1 aromatic rings. The molecule has 0 heterocycles. The fourth-order valence-corrected chi connectivity index (χ4v) is 2.43. The van der Waals surface area contributed by atoms with E-state index in [-0.39, 0.29) is 0 Å². The zero-order valence-corrected chi connectivity index (χ0v) is 15.7. The first-order valence-corrected chi connectivity index (χ1v) is 8.93. The Hall–Kier alpha value is -1.72. The van der Waals surface area contributed by atoms with Crippen LogP contribution >= 0.6 is 0 Å². The van der Waals surface area contributed by atoms with Crippen LogP contribution < -0.4 is 14.9 Å². The Balaban J connectivity index is 2.69. The summed E-state index contributed by atoms with van der Waals surface area (Å²) in [6.45, 7) is 8.80. The highest BCUT2D eigenvalue weighted by Crippen LogP contribution is 2.20. The van der Waals surface area contributed by atoms with Crippen molar-refractivity contribution in [3.05, 3.63) is 43.5 Å². The minimum Gasteiger partial charge on any atom is -0.494 e. The fourth-order valence-electron chi connectivity index (χ4n) is 2.43. The predicted octanol–water partition coefficient (Wildman–Crippen LogP) is 4.14. The lowest BCUT2D eigenvalue weighted by atomic mass is 9.78. The van der Waals surface area contributed by atoms with Crippen LogP contribution in [-0.2, 0) is 9.31 Å². The van der Waals surface area contributed by atoms with Crippen molar-refractivity contribution in [3.63, 3.8) is 0 Å². The number of hydrogen-bond acceptors (Lipinski definition) is 4. The van der Waals surface area contributed by atoms with Crippen molar-refractivity contribution in [2.75, 3.05) is 27.4 Å². The van der Waals surface area contributed by atoms with E-state index in [0.717, 1.165) is 55.5 Å². The highest BCUT2D eigenvalue weighted by atomic mass is 16.6. The molecule has 0 saturated heterocycles. The summed E-state index contributed by atoms with van der Waals surface area (Å²) in [6, 6.07) is 5.79. The molecule has 0 aromatic heterocycles. The standard InChI is InChI=1S/C20H31BO4/c1-5-7-9-11-15-24-18-13-14-19(21(22-3)23-4)20(17-18)25-16-12-10-8-6-2/h5-6,13-14,17H,1-2,7-12,15-16H2,3-4H3. The fraction of sp³-hybridized carbons (Fsp3) is 0.500. The SMILES string of the molecule is C=CCCCCOc1ccc(B(OC)OC)c(OCCCCC=C)c1. The van der Waals surface area contributed by atoms with Crippen LogP contribution in [0.3, 0.4) is 0 Å². The molecule has 0 bridgehead atoms. The molecule has 0 N–H and O–H groups in total. The second-order valence-electron chi connectivity index (χ2n) is 5.77. The van der Waals surface area contributed by atoms with Gasteiger partial charge in [0.25, 0.3) is 0 Å². The van der Waals surface area contributed by atoms with Crippen LogP contribution in [0.4, 0.5) is 0 Å². The van der Waals surface area contributed by atoms with Gasteiger partial charge in [-0.1, -0.05) is 18.2 Å². The summed E-state index contributed by atoms with van der Waals surface area (Å²) < 4.78 is 22.5. The number of allylic oxidation sites excluding steroid dienone is 2. The Morgan fingerprint density at radius 1 is 0.880 bits per heavy atom. The normalized spacial score (nSPS) is 10.3. The predicted molar refractivity (Wildman–Crippen MR) is 105 cm³/mol. The lowest BCUT2D eigenvalue weighted by Crippen LogP contribution is -2.36. The third-order valence-electron chi connectivity index (χ3n) is 3.80. The minimum absolute atomic E-state index is 0.454. The number of unbranched alkanes of at least 4 members (excludes halogenated alkanes) is 4. The van der Waals surface area contributed by atoms with Crippen molar-refractivity contribution in [1.29, 1.82) is 0 Å². The quantitative estimate of drug-likeness (QED) is 0.272. The summed E-state index contributed by atoms with van der Waals surface area (Å²) in [7, 11) is 2.78. The Labute approximate surface area is 153 Å². The number of hydrogen-bond donors (Lipinski definition) is 0. The molecule has 0 atom stereocenters. The van der Waals surface area contributed by atoms with Crippen molar-refractivity contribution in [2.45, 2.75) is 38.5 Å². The van der Waals surface area contributed by atoms with Gasteiger partial charge in [-0.05, 0) is 44.6 Å². The molecule has 1 rings (SSSR count). The molecule has 0 saturated carbocycles. The van der Waals surface area contributed by atoms with Gasteiger partial charge in [0.05, 0.1) is 13.2 Å². The summed E-state index contributed by atoms with van der Waals surface area (Å²) in [5.74, 6) is 1.55. The lowest BCUT2D eigenvalue weighted by molar-refractivity contribution is 0.281. The molecule has 0 aliphatic heterocycles. The molecule has 0 aliphatic rings. The Bertz CT molecular complexity index is 500. The number of rotatable bonds is 15. The summed E-state index contributed by atoms with van der Waals surface area (Å²) in [4.78, 5) is 0. The van der Waals surface area contributed by atoms with Gasteiger partial charge in [0, 0.05) is 25.7 Å². The van der Waals surface area contributed by atoms with Gasteiger partial charge in [-0.2, -0.15) is 0 Å². The summed E-state index contributed by atoms with van der Waals surface area (Å²) in [6.07, 6.45) is 10.0. The van der Waals surface area contributed by atoms with E-state index in [4.69, 9.17) is 18.8 Å². The van der Waals surface area contributed by atoms with Crippen molar-refractivity contribution < 1.29 is 18.8 Å². The van der Waals surface area contributed by atoms with E-state index in [1.54, 1.807) is 14.2 Å². The van der Waals surface area contributed by atoms with E-state index in [0.29, 0.717) is 13.2 Å². The Kier molecular flexibility index (Phi) is 11.6. The monoisotopic (exact) mass is 346 g/mol. The van der Waals surface area contributed by atoms with Crippen LogP contribution in [0, 0.1) is 0 Å². The molecule has 138 valence electrons. The van der Waals surface area contributed by atoms with Crippen LogP contribution in [-0.4, -0.2) is 34.6 Å². The maximum Gasteiger partial charge on any atom is 0.497 e. The van der Waals surface area contributed by atoms with E-state index >= 15 is 0 Å². The van der Waals surface area contributed by atoms with Gasteiger partial charge in [-0.15, -0.1) is 13.2 Å². The first-order valence-electron chi connectivity index (χ1n) is 8.93. The molecule has 4 nitrogen and oxygen atoms in total. The Morgan fingerprint density at radius 2 is 1.48 bits per heavy atom. The smallest absolute Gasteiger partial charge is 0.494 e. The molecule has 1 aromatic carbocycles. The third kappa shape index (κ3) is 8.28. The zero-order valence-electron chi connectivity index (χ0n) is 15.7. The molecule has 0 unspecified atom stereocenters. The van der Waals surface area contributed by atoms with Gasteiger partial charge in [0.2, 0.25) is 0 Å². The van der Waals surface area contributed by atoms with Crippen LogP contribution in [0.15, 0.2) is 43.5 Å². The largest absolute Gasteiger partial charge is 0.497 e. The summed E-state index contributed by atoms with van der Waals surface area (Å²) >= 11 is 0. The average molecular weight is 346 g/mol. The second kappa shape index (κ2) is 13.6. The maximum atomic E-state index is 5.97. The molecule has 0 aliphatic carbocycles. The van der Waals surface area contributed by atoms with Gasteiger partial charge >= 0.3 is 7.12 Å². The molecular formula is C20H31BO4. The molecule has 0 spiro atoms. The van der Waals surface area contributed by atoms with Gasteiger partial charge in [0.15, 0.2) is 0 Å². The first kappa shape index (κ1) is 21.3. The topological polar surface area (TPSA) is 36.9 Å². The van der Waals surface area contributed by atoms with Gasteiger partial charge in [-0.25, -0.2) is 0 Å². The molecular weight excluding hydrogens is 315 g/mol. The highest BCUT2D eigenvalue weighted by molar-refractivity contribution is 6.62. The van der Waals surface area contributed by atoms with E-state index in [1.165, 1.54) is 0 Å². The van der Waals surface area contributed by atoms with Crippen LogP contribution in [0.1, 0.15) is 38.5 Å². The average Bonchev–Trinajstić information content (AvgIpc) is 2.63. The highest BCUT2D eigenvalue weighted by Gasteiger charge is 2.23. The van der Waals surface area contributed by atoms with Crippen molar-refractivity contribution >= 4 is 12.6 Å². The van der Waals surface area contributed by atoms with Crippen molar-refractivity contribution in [2.24, 2.45) is 0 Å². The minimum atomic E-state index is -0.454. The molecule has 0 fully saturated rings. The van der Waals surface area contributed by atoms with Crippen LogP contribution in [0.2, 0.25) is 0 Å². The zero-order chi connectivity index (χ0) is 18.3. The summed E-state index contributed by atoms with van der Waals surface area (Å²) in [5.41, 5.74) is 0.868. The maximum absolute atomic E-state index is 5.97. The molecule has 5 heteroatoms. The van der Waals surface area contributed by atoms with E-state index in [2.05, 4.69) is 13.2 Å². The van der Waals surface area contributed by atoms with Crippen LogP contribution in [0.5, 0.6) is 11.5 Å². The second-order valence-corrected chi connectivity index (χ2v) is 5.77. The number of benzene rings is 1. The van der Waals surface area contributed by atoms with Crippen LogP contribution in [0.25, 0.3) is 0 Å². The van der Waals surface area contributed by atoms with E-state index in [1.807, 2.05) is 30.4 Å². The first-order chi connectivity index (χ1) is 12.3.